The molecule has 1 aromatic carbocycles. The maximum Gasteiger partial charge on any atom is 0.308 e. The van der Waals surface area contributed by atoms with E-state index >= 15 is 0 Å². The van der Waals surface area contributed by atoms with Crippen molar-refractivity contribution in [2.75, 3.05) is 20.7 Å². The van der Waals surface area contributed by atoms with E-state index in [1.165, 1.54) is 18.1 Å². The Bertz CT molecular complexity index is 1060. The van der Waals surface area contributed by atoms with Crippen molar-refractivity contribution in [3.8, 4) is 11.5 Å². The lowest BCUT2D eigenvalue weighted by Crippen LogP contribution is -2.80. The number of methoxy groups -OCH3 is 1. The number of ether oxygens (including phenoxy) is 3. The van der Waals surface area contributed by atoms with Crippen molar-refractivity contribution in [1.82, 2.24) is 4.90 Å². The van der Waals surface area contributed by atoms with E-state index in [-0.39, 0.29) is 28.8 Å². The Labute approximate surface area is 195 Å². The summed E-state index contributed by atoms with van der Waals surface area (Å²) in [6.07, 6.45) is 8.69. The fourth-order valence-corrected chi connectivity index (χ4v) is 8.67. The minimum Gasteiger partial charge on any atom is -0.482 e. The number of benzene rings is 1. The smallest absolute Gasteiger partial charge is 0.308 e. The third-order valence-corrected chi connectivity index (χ3v) is 9.82. The molecular formula is C27H35NO5. The van der Waals surface area contributed by atoms with E-state index in [4.69, 9.17) is 14.2 Å². The highest BCUT2D eigenvalue weighted by Crippen LogP contribution is 2.75. The molecule has 1 aromatic rings. The molecule has 1 saturated carbocycles. The number of hydrogen-bond donors (Lipinski definition) is 1. The third-order valence-electron chi connectivity index (χ3n) is 9.82. The number of esters is 1. The Morgan fingerprint density at radius 1 is 1.36 bits per heavy atom. The minimum absolute atomic E-state index is 0.0971. The van der Waals surface area contributed by atoms with Crippen molar-refractivity contribution < 1.29 is 24.1 Å². The zero-order chi connectivity index (χ0) is 23.4. The van der Waals surface area contributed by atoms with Crippen molar-refractivity contribution in [3.05, 3.63) is 35.4 Å². The number of aliphatic hydroxyl groups is 1. The molecule has 4 bridgehead atoms. The second kappa shape index (κ2) is 6.61. The van der Waals surface area contributed by atoms with Gasteiger partial charge in [-0.1, -0.05) is 31.6 Å². The van der Waals surface area contributed by atoms with E-state index in [1.54, 1.807) is 7.11 Å². The molecule has 33 heavy (non-hydrogen) atoms. The van der Waals surface area contributed by atoms with Crippen LogP contribution in [0, 0.1) is 11.3 Å². The summed E-state index contributed by atoms with van der Waals surface area (Å²) in [5, 5.41) is 11.8. The number of likely N-dealkylation sites (N-methyl/N-ethyl adjacent to an activating group) is 1. The van der Waals surface area contributed by atoms with Gasteiger partial charge in [0.15, 0.2) is 11.5 Å². The van der Waals surface area contributed by atoms with Crippen molar-refractivity contribution in [2.45, 2.75) is 81.6 Å². The molecule has 7 atom stereocenters. The van der Waals surface area contributed by atoms with Crippen LogP contribution >= 0.6 is 0 Å². The van der Waals surface area contributed by atoms with Crippen LogP contribution in [0.3, 0.4) is 0 Å². The number of rotatable bonds is 5. The van der Waals surface area contributed by atoms with E-state index in [1.807, 2.05) is 13.0 Å². The second-order valence-corrected chi connectivity index (χ2v) is 11.2. The van der Waals surface area contributed by atoms with Gasteiger partial charge in [-0.2, -0.15) is 0 Å². The van der Waals surface area contributed by atoms with Crippen LogP contribution in [0.25, 0.3) is 0 Å². The largest absolute Gasteiger partial charge is 0.482 e. The predicted molar refractivity (Wildman–Crippen MR) is 124 cm³/mol. The molecule has 1 saturated heterocycles. The van der Waals surface area contributed by atoms with Crippen LogP contribution in [0.2, 0.25) is 0 Å². The second-order valence-electron chi connectivity index (χ2n) is 11.2. The van der Waals surface area contributed by atoms with Crippen LogP contribution < -0.4 is 9.47 Å². The van der Waals surface area contributed by atoms with Gasteiger partial charge in [0.2, 0.25) is 0 Å². The van der Waals surface area contributed by atoms with Crippen molar-refractivity contribution in [1.29, 1.82) is 0 Å². The standard InChI is InChI=1S/C27H35NO5/c1-6-9-24(3,30)19-15-25-10-11-27(19,31-5)23-26(25)12-13-28(4)20(25)14-17-7-8-18(32-16(2)29)22(33-23)21(17)26/h7-8,10-11,19-20,23,30H,6,9,12-15H2,1-5H3/t19?,20-,23?,24?,25?,26+,27?/m1/s1. The Kier molecular flexibility index (Phi) is 4.34. The highest BCUT2D eigenvalue weighted by atomic mass is 16.6. The molecule has 7 rings (SSSR count). The molecule has 2 spiro atoms. The Morgan fingerprint density at radius 2 is 2.15 bits per heavy atom. The number of hydrogen-bond acceptors (Lipinski definition) is 6. The van der Waals surface area contributed by atoms with E-state index in [9.17, 15) is 9.90 Å². The van der Waals surface area contributed by atoms with E-state index in [0.29, 0.717) is 24.0 Å². The van der Waals surface area contributed by atoms with E-state index < -0.39 is 11.2 Å². The molecule has 4 aliphatic carbocycles. The lowest BCUT2D eigenvalue weighted by atomic mass is 9.36. The lowest BCUT2D eigenvalue weighted by Gasteiger charge is -2.72. The van der Waals surface area contributed by atoms with E-state index in [2.05, 4.69) is 37.1 Å². The Hall–Kier alpha value is -1.89. The monoisotopic (exact) mass is 453 g/mol. The summed E-state index contributed by atoms with van der Waals surface area (Å²) >= 11 is 0. The minimum atomic E-state index is -0.881. The fraction of sp³-hybridized carbons (Fsp3) is 0.667. The summed E-state index contributed by atoms with van der Waals surface area (Å²) in [7, 11) is 3.99. The number of nitrogens with zero attached hydrogens (tertiary/aromatic N) is 1. The van der Waals surface area contributed by atoms with Gasteiger partial charge in [0, 0.05) is 37.0 Å². The quantitative estimate of drug-likeness (QED) is 0.419. The summed E-state index contributed by atoms with van der Waals surface area (Å²) in [5.41, 5.74) is 0.452. The SMILES string of the molecule is CCCC(C)(O)C1CC23C=CC1(OC)C1Oc4c(OC(C)=O)ccc5c4[C@@]12CCN(C)[C@@H]3C5. The average Bonchev–Trinajstić information content (AvgIpc) is 3.14. The number of fused-ring (bicyclic) bond motifs is 1. The molecule has 2 aliphatic heterocycles. The van der Waals surface area contributed by atoms with E-state index in [0.717, 1.165) is 32.2 Å². The van der Waals surface area contributed by atoms with Crippen LogP contribution in [0.15, 0.2) is 24.3 Å². The van der Waals surface area contributed by atoms with Crippen LogP contribution in [-0.4, -0.2) is 60.0 Å². The molecule has 6 aliphatic rings. The van der Waals surface area contributed by atoms with Gasteiger partial charge in [0.05, 0.1) is 11.0 Å². The third kappa shape index (κ3) is 2.33. The number of carbonyl (C=O) groups is 1. The summed E-state index contributed by atoms with van der Waals surface area (Å²) in [6.45, 7) is 6.50. The van der Waals surface area contributed by atoms with Crippen LogP contribution in [0.4, 0.5) is 0 Å². The number of carbonyl (C=O) groups excluding carboxylic acids is 1. The summed E-state index contributed by atoms with van der Waals surface area (Å²) in [5.74, 6) is 0.765. The molecule has 178 valence electrons. The first-order valence-electron chi connectivity index (χ1n) is 12.4. The highest BCUT2D eigenvalue weighted by Gasteiger charge is 2.80. The van der Waals surface area contributed by atoms with Gasteiger partial charge in [-0.25, -0.2) is 0 Å². The van der Waals surface area contributed by atoms with Gasteiger partial charge >= 0.3 is 5.97 Å². The molecule has 6 nitrogen and oxygen atoms in total. The summed E-state index contributed by atoms with van der Waals surface area (Å²) in [6, 6.07) is 4.33. The summed E-state index contributed by atoms with van der Waals surface area (Å²) < 4.78 is 18.9. The van der Waals surface area contributed by atoms with Crippen molar-refractivity contribution in [3.63, 3.8) is 0 Å². The molecule has 0 radical (unpaired) electrons. The van der Waals surface area contributed by atoms with Crippen molar-refractivity contribution in [2.24, 2.45) is 11.3 Å². The predicted octanol–water partition coefficient (Wildman–Crippen LogP) is 3.38. The molecule has 1 N–H and O–H groups in total. The first-order valence-corrected chi connectivity index (χ1v) is 12.4. The number of likely N-dealkylation sites (tertiary alicyclic amines) is 1. The molecule has 2 heterocycles. The lowest BCUT2D eigenvalue weighted by molar-refractivity contribution is -0.247. The maximum atomic E-state index is 11.9. The Balaban J connectivity index is 1.63. The average molecular weight is 454 g/mol. The zero-order valence-corrected chi connectivity index (χ0v) is 20.3. The summed E-state index contributed by atoms with van der Waals surface area (Å²) in [4.78, 5) is 14.4. The van der Waals surface area contributed by atoms with Crippen LogP contribution in [0.5, 0.6) is 11.5 Å². The van der Waals surface area contributed by atoms with Gasteiger partial charge in [0.25, 0.3) is 0 Å². The normalized spacial score (nSPS) is 41.3. The highest BCUT2D eigenvalue weighted by molar-refractivity contribution is 5.73. The molecule has 2 fully saturated rings. The van der Waals surface area contributed by atoms with Gasteiger partial charge in [-0.15, -0.1) is 0 Å². The number of piperidine rings is 1. The topological polar surface area (TPSA) is 68.2 Å². The Morgan fingerprint density at radius 3 is 2.85 bits per heavy atom. The first-order chi connectivity index (χ1) is 15.7. The zero-order valence-electron chi connectivity index (χ0n) is 20.3. The maximum absolute atomic E-state index is 11.9. The van der Waals surface area contributed by atoms with Crippen LogP contribution in [0.1, 0.15) is 57.6 Å². The fourth-order valence-electron chi connectivity index (χ4n) is 8.67. The molecule has 5 unspecified atom stereocenters. The molecule has 6 heteroatoms. The van der Waals surface area contributed by atoms with Crippen molar-refractivity contribution >= 4 is 5.97 Å². The van der Waals surface area contributed by atoms with Gasteiger partial charge < -0.3 is 24.2 Å². The van der Waals surface area contributed by atoms with Crippen LogP contribution in [-0.2, 0) is 21.4 Å². The molecule has 0 amide bonds. The molecule has 0 aromatic heterocycles. The molecular weight excluding hydrogens is 418 g/mol. The van der Waals surface area contributed by atoms with Gasteiger partial charge in [-0.3, -0.25) is 4.79 Å². The van der Waals surface area contributed by atoms with Gasteiger partial charge in [0.1, 0.15) is 11.7 Å². The first kappa shape index (κ1) is 21.6. The van der Waals surface area contributed by atoms with Gasteiger partial charge in [-0.05, 0) is 57.8 Å².